The molecule has 1 aliphatic heterocycles. The quantitative estimate of drug-likeness (QED) is 0.948. The molecule has 2 heterocycles. The van der Waals surface area contributed by atoms with Crippen molar-refractivity contribution in [1.82, 2.24) is 14.7 Å². The van der Waals surface area contributed by atoms with Gasteiger partial charge in [0.15, 0.2) is 0 Å². The lowest BCUT2D eigenvalue weighted by Crippen LogP contribution is -2.32. The molecule has 0 fully saturated rings. The van der Waals surface area contributed by atoms with Gasteiger partial charge in [-0.05, 0) is 31.1 Å². The third-order valence-electron chi connectivity index (χ3n) is 4.32. The standard InChI is InChI=1S/C18H22N4O/c1-13-17(15-9-11-21(12-10-15)14(2)23)20-22(18(13)19-3)16-7-5-4-6-8-16/h4-9,19H,10-12H2,1-3H3. The zero-order valence-electron chi connectivity index (χ0n) is 13.8. The fourth-order valence-corrected chi connectivity index (χ4v) is 3.02. The van der Waals surface area contributed by atoms with Crippen LogP contribution in [-0.2, 0) is 4.79 Å². The van der Waals surface area contributed by atoms with Gasteiger partial charge in [-0.1, -0.05) is 24.3 Å². The minimum absolute atomic E-state index is 0.128. The monoisotopic (exact) mass is 310 g/mol. The fraction of sp³-hybridized carbons (Fsp3) is 0.333. The van der Waals surface area contributed by atoms with Crippen molar-refractivity contribution in [2.75, 3.05) is 25.5 Å². The van der Waals surface area contributed by atoms with E-state index in [9.17, 15) is 4.79 Å². The largest absolute Gasteiger partial charge is 0.373 e. The van der Waals surface area contributed by atoms with Crippen molar-refractivity contribution in [3.8, 4) is 5.69 Å². The van der Waals surface area contributed by atoms with Crippen molar-refractivity contribution in [3.63, 3.8) is 0 Å². The highest BCUT2D eigenvalue weighted by atomic mass is 16.2. The molecule has 2 aromatic rings. The van der Waals surface area contributed by atoms with Crippen molar-refractivity contribution in [3.05, 3.63) is 47.7 Å². The van der Waals surface area contributed by atoms with Crippen molar-refractivity contribution in [2.45, 2.75) is 20.3 Å². The predicted molar refractivity (Wildman–Crippen MR) is 92.7 cm³/mol. The number of carbonyl (C=O) groups excluding carboxylic acids is 1. The van der Waals surface area contributed by atoms with Crippen molar-refractivity contribution in [1.29, 1.82) is 0 Å². The molecule has 1 amide bonds. The molecule has 0 saturated carbocycles. The van der Waals surface area contributed by atoms with Crippen LogP contribution in [0.4, 0.5) is 5.82 Å². The van der Waals surface area contributed by atoms with Crippen LogP contribution in [0.1, 0.15) is 24.6 Å². The second-order valence-corrected chi connectivity index (χ2v) is 5.76. The molecule has 23 heavy (non-hydrogen) atoms. The number of nitrogens with zero attached hydrogens (tertiary/aromatic N) is 3. The molecule has 1 aromatic heterocycles. The van der Waals surface area contributed by atoms with E-state index >= 15 is 0 Å². The molecule has 3 rings (SSSR count). The number of nitrogens with one attached hydrogen (secondary N) is 1. The summed E-state index contributed by atoms with van der Waals surface area (Å²) in [5, 5.41) is 8.08. The molecule has 1 aliphatic rings. The zero-order chi connectivity index (χ0) is 16.4. The fourth-order valence-electron chi connectivity index (χ4n) is 3.02. The number of amides is 1. The van der Waals surface area contributed by atoms with E-state index in [2.05, 4.69) is 18.3 Å². The third kappa shape index (κ3) is 2.86. The van der Waals surface area contributed by atoms with Crippen LogP contribution in [0.25, 0.3) is 11.3 Å². The number of benzene rings is 1. The maximum atomic E-state index is 11.5. The van der Waals surface area contributed by atoms with Gasteiger partial charge in [0, 0.05) is 32.6 Å². The Hall–Kier alpha value is -2.56. The second kappa shape index (κ2) is 6.28. The van der Waals surface area contributed by atoms with Gasteiger partial charge >= 0.3 is 0 Å². The number of carbonyl (C=O) groups is 1. The molecule has 0 saturated heterocycles. The maximum absolute atomic E-state index is 11.5. The van der Waals surface area contributed by atoms with Crippen LogP contribution in [-0.4, -0.2) is 40.7 Å². The first-order valence-corrected chi connectivity index (χ1v) is 7.89. The molecule has 120 valence electrons. The van der Waals surface area contributed by atoms with Gasteiger partial charge in [0.25, 0.3) is 0 Å². The minimum atomic E-state index is 0.128. The zero-order valence-corrected chi connectivity index (χ0v) is 13.8. The van der Waals surface area contributed by atoms with E-state index in [0.29, 0.717) is 6.54 Å². The summed E-state index contributed by atoms with van der Waals surface area (Å²) in [5.41, 5.74) is 4.40. The second-order valence-electron chi connectivity index (χ2n) is 5.76. The molecule has 1 aromatic carbocycles. The lowest BCUT2D eigenvalue weighted by molar-refractivity contribution is -0.128. The van der Waals surface area contributed by atoms with Crippen LogP contribution in [0.15, 0.2) is 36.4 Å². The Morgan fingerprint density at radius 1 is 1.26 bits per heavy atom. The van der Waals surface area contributed by atoms with Crippen LogP contribution in [0.2, 0.25) is 0 Å². The summed E-state index contributed by atoms with van der Waals surface area (Å²) in [4.78, 5) is 13.3. The van der Waals surface area contributed by atoms with E-state index in [1.54, 1.807) is 6.92 Å². The normalized spacial score (nSPS) is 14.6. The minimum Gasteiger partial charge on any atom is -0.373 e. The number of aromatic nitrogens is 2. The Bertz CT molecular complexity index is 746. The van der Waals surface area contributed by atoms with Gasteiger partial charge in [-0.2, -0.15) is 5.10 Å². The van der Waals surface area contributed by atoms with Crippen molar-refractivity contribution >= 4 is 17.3 Å². The molecular weight excluding hydrogens is 288 g/mol. The van der Waals surface area contributed by atoms with E-state index in [1.807, 2.05) is 47.0 Å². The van der Waals surface area contributed by atoms with E-state index in [-0.39, 0.29) is 5.91 Å². The third-order valence-corrected chi connectivity index (χ3v) is 4.32. The van der Waals surface area contributed by atoms with E-state index in [1.165, 1.54) is 5.57 Å². The Balaban J connectivity index is 1.99. The summed E-state index contributed by atoms with van der Waals surface area (Å²) in [7, 11) is 1.92. The van der Waals surface area contributed by atoms with Gasteiger partial charge in [0.1, 0.15) is 5.82 Å². The summed E-state index contributed by atoms with van der Waals surface area (Å²) in [6, 6.07) is 10.1. The molecule has 0 spiro atoms. The van der Waals surface area contributed by atoms with Gasteiger partial charge in [-0.3, -0.25) is 4.79 Å². The Morgan fingerprint density at radius 2 is 2.00 bits per heavy atom. The van der Waals surface area contributed by atoms with Crippen molar-refractivity contribution in [2.24, 2.45) is 0 Å². The van der Waals surface area contributed by atoms with Gasteiger partial charge in [-0.15, -0.1) is 0 Å². The Morgan fingerprint density at radius 3 is 2.57 bits per heavy atom. The lowest BCUT2D eigenvalue weighted by Gasteiger charge is -2.24. The van der Waals surface area contributed by atoms with E-state index in [0.717, 1.165) is 35.7 Å². The van der Waals surface area contributed by atoms with Gasteiger partial charge in [0.05, 0.1) is 11.4 Å². The summed E-state index contributed by atoms with van der Waals surface area (Å²) in [6.07, 6.45) is 2.96. The average molecular weight is 310 g/mol. The SMILES string of the molecule is CNc1c(C)c(C2=CCN(C(C)=O)CC2)nn1-c1ccccc1. The summed E-state index contributed by atoms with van der Waals surface area (Å²) < 4.78 is 1.95. The smallest absolute Gasteiger partial charge is 0.219 e. The molecule has 5 nitrogen and oxygen atoms in total. The van der Waals surface area contributed by atoms with Gasteiger partial charge in [0.2, 0.25) is 5.91 Å². The molecular formula is C18H22N4O. The predicted octanol–water partition coefficient (Wildman–Crippen LogP) is 2.86. The number of rotatable bonds is 3. The van der Waals surface area contributed by atoms with Crippen LogP contribution in [0.5, 0.6) is 0 Å². The number of anilines is 1. The van der Waals surface area contributed by atoms with Crippen LogP contribution < -0.4 is 5.32 Å². The molecule has 0 atom stereocenters. The number of para-hydroxylation sites is 1. The summed E-state index contributed by atoms with van der Waals surface area (Å²) in [6.45, 7) is 5.13. The first-order valence-electron chi connectivity index (χ1n) is 7.89. The van der Waals surface area contributed by atoms with E-state index in [4.69, 9.17) is 5.10 Å². The molecule has 0 unspecified atom stereocenters. The van der Waals surface area contributed by atoms with Crippen molar-refractivity contribution < 1.29 is 4.79 Å². The summed E-state index contributed by atoms with van der Waals surface area (Å²) in [5.74, 6) is 1.13. The Labute approximate surface area is 136 Å². The number of hydrogen-bond donors (Lipinski definition) is 1. The van der Waals surface area contributed by atoms with Crippen LogP contribution in [0, 0.1) is 6.92 Å². The highest BCUT2D eigenvalue weighted by molar-refractivity contribution is 5.76. The summed E-state index contributed by atoms with van der Waals surface area (Å²) >= 11 is 0. The van der Waals surface area contributed by atoms with E-state index < -0.39 is 0 Å². The highest BCUT2D eigenvalue weighted by Gasteiger charge is 2.21. The molecule has 5 heteroatoms. The lowest BCUT2D eigenvalue weighted by atomic mass is 10.0. The number of hydrogen-bond acceptors (Lipinski definition) is 3. The Kier molecular flexibility index (Phi) is 4.19. The van der Waals surface area contributed by atoms with Crippen LogP contribution in [0.3, 0.4) is 0 Å². The first kappa shape index (κ1) is 15.3. The van der Waals surface area contributed by atoms with Gasteiger partial charge in [-0.25, -0.2) is 4.68 Å². The topological polar surface area (TPSA) is 50.2 Å². The average Bonchev–Trinajstić information content (AvgIpc) is 2.92. The molecule has 0 radical (unpaired) electrons. The molecule has 0 bridgehead atoms. The maximum Gasteiger partial charge on any atom is 0.219 e. The van der Waals surface area contributed by atoms with Gasteiger partial charge < -0.3 is 10.2 Å². The van der Waals surface area contributed by atoms with Crippen LogP contribution >= 0.6 is 0 Å². The highest BCUT2D eigenvalue weighted by Crippen LogP contribution is 2.30. The molecule has 1 N–H and O–H groups in total. The molecule has 0 aliphatic carbocycles. The first-order chi connectivity index (χ1) is 11.1.